The molecular formula is C12H23N5O2. The lowest BCUT2D eigenvalue weighted by atomic mass is 10.2. The second kappa shape index (κ2) is 7.73. The fourth-order valence-corrected chi connectivity index (χ4v) is 1.48. The number of aromatic nitrogens is 2. The molecule has 0 saturated heterocycles. The predicted octanol–water partition coefficient (Wildman–Crippen LogP) is 0.388. The maximum Gasteiger partial charge on any atom is 0.318 e. The molecule has 2 N–H and O–H groups in total. The van der Waals surface area contributed by atoms with Crippen LogP contribution in [0.1, 0.15) is 26.7 Å². The monoisotopic (exact) mass is 269 g/mol. The van der Waals surface area contributed by atoms with Gasteiger partial charge in [-0.25, -0.2) is 0 Å². The van der Waals surface area contributed by atoms with Gasteiger partial charge in [0.15, 0.2) is 0 Å². The molecule has 0 aliphatic carbocycles. The number of rotatable bonds is 8. The first-order valence-electron chi connectivity index (χ1n) is 6.55. The van der Waals surface area contributed by atoms with E-state index in [2.05, 4.69) is 34.7 Å². The molecule has 0 radical (unpaired) electrons. The summed E-state index contributed by atoms with van der Waals surface area (Å²) in [5, 5.41) is 13.7. The SMILES string of the molecule is CCN(CC(=O)NC)c1nnc(CNCC(C)C)o1. The van der Waals surface area contributed by atoms with E-state index >= 15 is 0 Å². The third kappa shape index (κ3) is 5.25. The van der Waals surface area contributed by atoms with Crippen molar-refractivity contribution < 1.29 is 9.21 Å². The molecule has 0 aromatic carbocycles. The second-order valence-electron chi connectivity index (χ2n) is 4.69. The zero-order chi connectivity index (χ0) is 14.3. The highest BCUT2D eigenvalue weighted by atomic mass is 16.4. The Morgan fingerprint density at radius 1 is 1.42 bits per heavy atom. The van der Waals surface area contributed by atoms with Gasteiger partial charge in [-0.3, -0.25) is 4.79 Å². The van der Waals surface area contributed by atoms with E-state index in [1.165, 1.54) is 0 Å². The first kappa shape index (κ1) is 15.4. The summed E-state index contributed by atoms with van der Waals surface area (Å²) >= 11 is 0. The number of nitrogens with zero attached hydrogens (tertiary/aromatic N) is 3. The molecular weight excluding hydrogens is 246 g/mol. The van der Waals surface area contributed by atoms with Crippen LogP contribution in [-0.2, 0) is 11.3 Å². The van der Waals surface area contributed by atoms with Gasteiger partial charge in [0, 0.05) is 13.6 Å². The van der Waals surface area contributed by atoms with Crippen LogP contribution in [0, 0.1) is 5.92 Å². The van der Waals surface area contributed by atoms with Crippen LogP contribution in [0.15, 0.2) is 4.42 Å². The molecule has 0 atom stereocenters. The van der Waals surface area contributed by atoms with Crippen LogP contribution in [-0.4, -0.2) is 42.8 Å². The Bertz CT molecular complexity index is 391. The molecule has 0 spiro atoms. The van der Waals surface area contributed by atoms with Crippen molar-refractivity contribution in [1.82, 2.24) is 20.8 Å². The Morgan fingerprint density at radius 3 is 2.74 bits per heavy atom. The average Bonchev–Trinajstić information content (AvgIpc) is 2.83. The summed E-state index contributed by atoms with van der Waals surface area (Å²) in [6.45, 7) is 8.49. The van der Waals surface area contributed by atoms with Gasteiger partial charge in [0.25, 0.3) is 0 Å². The van der Waals surface area contributed by atoms with Crippen molar-refractivity contribution in [2.24, 2.45) is 5.92 Å². The smallest absolute Gasteiger partial charge is 0.318 e. The van der Waals surface area contributed by atoms with Crippen molar-refractivity contribution in [3.8, 4) is 0 Å². The fourth-order valence-electron chi connectivity index (χ4n) is 1.48. The minimum Gasteiger partial charge on any atom is -0.407 e. The number of likely N-dealkylation sites (N-methyl/N-ethyl adjacent to an activating group) is 2. The van der Waals surface area contributed by atoms with Gasteiger partial charge in [-0.1, -0.05) is 18.9 Å². The lowest BCUT2D eigenvalue weighted by Gasteiger charge is -2.16. The minimum atomic E-state index is -0.0838. The van der Waals surface area contributed by atoms with E-state index < -0.39 is 0 Å². The van der Waals surface area contributed by atoms with Crippen LogP contribution in [0.5, 0.6) is 0 Å². The van der Waals surface area contributed by atoms with Crippen LogP contribution in [0.2, 0.25) is 0 Å². The van der Waals surface area contributed by atoms with Crippen molar-refractivity contribution in [1.29, 1.82) is 0 Å². The molecule has 7 nitrogen and oxygen atoms in total. The highest BCUT2D eigenvalue weighted by Gasteiger charge is 2.15. The largest absolute Gasteiger partial charge is 0.407 e. The number of carbonyl (C=O) groups excluding carboxylic acids is 1. The van der Waals surface area contributed by atoms with Gasteiger partial charge in [-0.15, -0.1) is 5.10 Å². The Labute approximate surface area is 113 Å². The van der Waals surface area contributed by atoms with E-state index in [1.54, 1.807) is 11.9 Å². The molecule has 1 heterocycles. The Kier molecular flexibility index (Phi) is 6.27. The average molecular weight is 269 g/mol. The van der Waals surface area contributed by atoms with E-state index in [4.69, 9.17) is 4.42 Å². The third-order valence-electron chi connectivity index (χ3n) is 2.55. The molecule has 19 heavy (non-hydrogen) atoms. The number of hydrogen-bond donors (Lipinski definition) is 2. The summed E-state index contributed by atoms with van der Waals surface area (Å²) < 4.78 is 5.53. The van der Waals surface area contributed by atoms with Crippen molar-refractivity contribution in [3.63, 3.8) is 0 Å². The van der Waals surface area contributed by atoms with Gasteiger partial charge in [0.1, 0.15) is 6.54 Å². The molecule has 1 aromatic rings. The normalized spacial score (nSPS) is 10.8. The van der Waals surface area contributed by atoms with Crippen LogP contribution in [0.25, 0.3) is 0 Å². The molecule has 0 saturated carbocycles. The summed E-state index contributed by atoms with van der Waals surface area (Å²) in [6.07, 6.45) is 0. The molecule has 0 unspecified atom stereocenters. The first-order chi connectivity index (χ1) is 9.06. The summed E-state index contributed by atoms with van der Waals surface area (Å²) in [5.41, 5.74) is 0. The zero-order valence-electron chi connectivity index (χ0n) is 12.1. The Hall–Kier alpha value is -1.63. The van der Waals surface area contributed by atoms with Crippen LogP contribution in [0.3, 0.4) is 0 Å². The Morgan fingerprint density at radius 2 is 2.16 bits per heavy atom. The highest BCUT2D eigenvalue weighted by Crippen LogP contribution is 2.11. The number of carbonyl (C=O) groups is 1. The van der Waals surface area contributed by atoms with Gasteiger partial charge in [0.2, 0.25) is 11.8 Å². The molecule has 1 amide bonds. The molecule has 1 rings (SSSR count). The van der Waals surface area contributed by atoms with E-state index in [0.717, 1.165) is 6.54 Å². The van der Waals surface area contributed by atoms with Crippen molar-refractivity contribution in [2.75, 3.05) is 31.6 Å². The first-order valence-corrected chi connectivity index (χ1v) is 6.55. The number of hydrogen-bond acceptors (Lipinski definition) is 6. The van der Waals surface area contributed by atoms with E-state index in [1.807, 2.05) is 6.92 Å². The topological polar surface area (TPSA) is 83.3 Å². The van der Waals surface area contributed by atoms with Crippen molar-refractivity contribution in [2.45, 2.75) is 27.3 Å². The van der Waals surface area contributed by atoms with Crippen LogP contribution >= 0.6 is 0 Å². The predicted molar refractivity (Wildman–Crippen MR) is 72.8 cm³/mol. The van der Waals surface area contributed by atoms with E-state index in [-0.39, 0.29) is 12.5 Å². The maximum absolute atomic E-state index is 11.4. The molecule has 0 aliphatic rings. The molecule has 0 aliphatic heterocycles. The van der Waals surface area contributed by atoms with Crippen molar-refractivity contribution >= 4 is 11.9 Å². The Balaban J connectivity index is 2.53. The lowest BCUT2D eigenvalue weighted by molar-refractivity contribution is -0.119. The summed E-state index contributed by atoms with van der Waals surface area (Å²) in [6, 6.07) is 0.382. The molecule has 0 bridgehead atoms. The van der Waals surface area contributed by atoms with Gasteiger partial charge < -0.3 is 20.0 Å². The van der Waals surface area contributed by atoms with Crippen LogP contribution < -0.4 is 15.5 Å². The molecule has 7 heteroatoms. The molecule has 1 aromatic heterocycles. The summed E-state index contributed by atoms with van der Waals surface area (Å²) in [7, 11) is 1.60. The maximum atomic E-state index is 11.4. The number of amides is 1. The number of anilines is 1. The van der Waals surface area contributed by atoms with Gasteiger partial charge >= 0.3 is 6.01 Å². The van der Waals surface area contributed by atoms with Gasteiger partial charge in [-0.05, 0) is 19.4 Å². The highest BCUT2D eigenvalue weighted by molar-refractivity contribution is 5.80. The quantitative estimate of drug-likeness (QED) is 0.710. The van der Waals surface area contributed by atoms with E-state index in [9.17, 15) is 4.79 Å². The third-order valence-corrected chi connectivity index (χ3v) is 2.55. The zero-order valence-corrected chi connectivity index (χ0v) is 12.1. The van der Waals surface area contributed by atoms with E-state index in [0.29, 0.717) is 30.9 Å². The molecule has 108 valence electrons. The lowest BCUT2D eigenvalue weighted by Crippen LogP contribution is -2.35. The van der Waals surface area contributed by atoms with Crippen molar-refractivity contribution in [3.05, 3.63) is 5.89 Å². The second-order valence-corrected chi connectivity index (χ2v) is 4.69. The van der Waals surface area contributed by atoms with Crippen LogP contribution in [0.4, 0.5) is 6.01 Å². The minimum absolute atomic E-state index is 0.0838. The van der Waals surface area contributed by atoms with Gasteiger partial charge in [0.05, 0.1) is 6.54 Å². The fraction of sp³-hybridized carbons (Fsp3) is 0.750. The number of nitrogens with one attached hydrogen (secondary N) is 2. The molecule has 0 fully saturated rings. The van der Waals surface area contributed by atoms with Gasteiger partial charge in [-0.2, -0.15) is 0 Å². The summed E-state index contributed by atoms with van der Waals surface area (Å²) in [4.78, 5) is 13.1. The standard InChI is InChI=1S/C12H23N5O2/c1-5-17(8-10(18)13-4)12-16-15-11(19-12)7-14-6-9(2)3/h9,14H,5-8H2,1-4H3,(H,13,18). The summed E-state index contributed by atoms with van der Waals surface area (Å²) in [5.74, 6) is 1.02.